The van der Waals surface area contributed by atoms with Gasteiger partial charge in [-0.3, -0.25) is 9.59 Å². The molecule has 0 saturated carbocycles. The lowest BCUT2D eigenvalue weighted by Gasteiger charge is -2.34. The van der Waals surface area contributed by atoms with Gasteiger partial charge >= 0.3 is 0 Å². The standard InChI is InChI=1S/C19H18N2O2/c22-18(14-7-3-1-4-8-14)20-12-17-11-16(20)13-21(17)19(23)15-9-5-2-6-10-15/h1-10,16-17H,11-13H2/t16-,17-/m0/s1. The number of hydrogen-bond acceptors (Lipinski definition) is 2. The summed E-state index contributed by atoms with van der Waals surface area (Å²) in [6.45, 7) is 1.27. The Kier molecular flexibility index (Phi) is 3.37. The van der Waals surface area contributed by atoms with Crippen LogP contribution in [0.3, 0.4) is 0 Å². The Balaban J connectivity index is 1.48. The molecule has 2 aliphatic heterocycles. The number of rotatable bonds is 2. The molecule has 0 aromatic heterocycles. The average Bonchev–Trinajstić information content (AvgIpc) is 3.22. The van der Waals surface area contributed by atoms with Crippen molar-refractivity contribution in [1.29, 1.82) is 0 Å². The van der Waals surface area contributed by atoms with Crippen molar-refractivity contribution in [2.45, 2.75) is 18.5 Å². The van der Waals surface area contributed by atoms with Crippen molar-refractivity contribution in [2.24, 2.45) is 0 Å². The highest BCUT2D eigenvalue weighted by Gasteiger charge is 2.47. The highest BCUT2D eigenvalue weighted by atomic mass is 16.2. The van der Waals surface area contributed by atoms with Crippen molar-refractivity contribution in [3.8, 4) is 0 Å². The van der Waals surface area contributed by atoms with Crippen LogP contribution in [0.1, 0.15) is 27.1 Å². The average molecular weight is 306 g/mol. The first-order chi connectivity index (χ1) is 11.2. The third-order valence-electron chi connectivity index (χ3n) is 4.80. The molecule has 0 spiro atoms. The molecule has 2 saturated heterocycles. The summed E-state index contributed by atoms with van der Waals surface area (Å²) in [5, 5.41) is 0. The summed E-state index contributed by atoms with van der Waals surface area (Å²) in [6, 6.07) is 19.0. The summed E-state index contributed by atoms with van der Waals surface area (Å²) in [5.41, 5.74) is 1.45. The number of amides is 2. The topological polar surface area (TPSA) is 40.6 Å². The molecule has 23 heavy (non-hydrogen) atoms. The van der Waals surface area contributed by atoms with Crippen LogP contribution in [0.25, 0.3) is 0 Å². The second-order valence-electron chi connectivity index (χ2n) is 6.19. The predicted molar refractivity (Wildman–Crippen MR) is 87.2 cm³/mol. The smallest absolute Gasteiger partial charge is 0.254 e. The molecule has 0 radical (unpaired) electrons. The number of nitrogens with zero attached hydrogens (tertiary/aromatic N) is 2. The molecule has 2 bridgehead atoms. The molecule has 2 aromatic rings. The van der Waals surface area contributed by atoms with Crippen LogP contribution in [0.2, 0.25) is 0 Å². The monoisotopic (exact) mass is 306 g/mol. The van der Waals surface area contributed by atoms with Crippen molar-refractivity contribution < 1.29 is 9.59 Å². The lowest BCUT2D eigenvalue weighted by Crippen LogP contribution is -2.50. The van der Waals surface area contributed by atoms with Gasteiger partial charge in [0.2, 0.25) is 0 Å². The van der Waals surface area contributed by atoms with Gasteiger partial charge in [0.05, 0.1) is 12.1 Å². The van der Waals surface area contributed by atoms with E-state index >= 15 is 0 Å². The Bertz CT molecular complexity index is 666. The molecule has 2 fully saturated rings. The maximum atomic E-state index is 12.6. The number of carbonyl (C=O) groups excluding carboxylic acids is 2. The van der Waals surface area contributed by atoms with Crippen LogP contribution in [-0.4, -0.2) is 46.8 Å². The van der Waals surface area contributed by atoms with Crippen LogP contribution in [0.5, 0.6) is 0 Å². The van der Waals surface area contributed by atoms with Gasteiger partial charge in [0.25, 0.3) is 11.8 Å². The van der Waals surface area contributed by atoms with E-state index in [9.17, 15) is 9.59 Å². The minimum absolute atomic E-state index is 0.0740. The van der Waals surface area contributed by atoms with E-state index in [0.29, 0.717) is 13.1 Å². The Hall–Kier alpha value is -2.62. The van der Waals surface area contributed by atoms with Crippen molar-refractivity contribution in [3.63, 3.8) is 0 Å². The summed E-state index contributed by atoms with van der Waals surface area (Å²) in [4.78, 5) is 29.1. The van der Waals surface area contributed by atoms with E-state index < -0.39 is 0 Å². The fourth-order valence-corrected chi connectivity index (χ4v) is 3.66. The zero-order valence-electron chi connectivity index (χ0n) is 12.8. The lowest BCUT2D eigenvalue weighted by molar-refractivity contribution is 0.0526. The van der Waals surface area contributed by atoms with Gasteiger partial charge in [0.1, 0.15) is 0 Å². The van der Waals surface area contributed by atoms with Gasteiger partial charge in [-0.2, -0.15) is 0 Å². The predicted octanol–water partition coefficient (Wildman–Crippen LogP) is 2.43. The molecule has 2 aliphatic rings. The van der Waals surface area contributed by atoms with E-state index in [0.717, 1.165) is 17.5 Å². The Morgan fingerprint density at radius 3 is 1.43 bits per heavy atom. The molecule has 4 rings (SSSR count). The summed E-state index contributed by atoms with van der Waals surface area (Å²) in [7, 11) is 0. The number of hydrogen-bond donors (Lipinski definition) is 0. The molecular formula is C19H18N2O2. The first kappa shape index (κ1) is 14.0. The SMILES string of the molecule is O=C(c1ccccc1)N1C[C@@H]2C[C@H]1CN2C(=O)c1ccccc1. The third-order valence-corrected chi connectivity index (χ3v) is 4.80. The third kappa shape index (κ3) is 2.40. The summed E-state index contributed by atoms with van der Waals surface area (Å²) < 4.78 is 0. The molecule has 0 aliphatic carbocycles. The van der Waals surface area contributed by atoms with E-state index in [-0.39, 0.29) is 23.9 Å². The van der Waals surface area contributed by atoms with E-state index in [1.165, 1.54) is 0 Å². The molecule has 4 nitrogen and oxygen atoms in total. The van der Waals surface area contributed by atoms with Gasteiger partial charge in [-0.1, -0.05) is 36.4 Å². The quantitative estimate of drug-likeness (QED) is 0.855. The van der Waals surface area contributed by atoms with E-state index in [4.69, 9.17) is 0 Å². The maximum absolute atomic E-state index is 12.6. The zero-order valence-corrected chi connectivity index (χ0v) is 12.8. The Morgan fingerprint density at radius 1 is 0.696 bits per heavy atom. The van der Waals surface area contributed by atoms with Gasteiger partial charge in [-0.05, 0) is 30.7 Å². The van der Waals surface area contributed by atoms with Crippen LogP contribution in [0, 0.1) is 0 Å². The molecular weight excluding hydrogens is 288 g/mol. The summed E-state index contributed by atoms with van der Waals surface area (Å²) >= 11 is 0. The van der Waals surface area contributed by atoms with Crippen LogP contribution in [0.4, 0.5) is 0 Å². The largest absolute Gasteiger partial charge is 0.332 e. The first-order valence-corrected chi connectivity index (χ1v) is 7.96. The van der Waals surface area contributed by atoms with Crippen molar-refractivity contribution >= 4 is 11.8 Å². The molecule has 2 amide bonds. The summed E-state index contributed by atoms with van der Waals surface area (Å²) in [6.07, 6.45) is 0.886. The Morgan fingerprint density at radius 2 is 1.09 bits per heavy atom. The number of carbonyl (C=O) groups is 2. The van der Waals surface area contributed by atoms with Crippen LogP contribution < -0.4 is 0 Å². The lowest BCUT2D eigenvalue weighted by atomic mass is 10.1. The number of likely N-dealkylation sites (tertiary alicyclic amines) is 2. The van der Waals surface area contributed by atoms with Crippen LogP contribution in [0.15, 0.2) is 60.7 Å². The molecule has 0 unspecified atom stereocenters. The molecule has 116 valence electrons. The molecule has 2 heterocycles. The minimum Gasteiger partial charge on any atom is -0.332 e. The second-order valence-corrected chi connectivity index (χ2v) is 6.19. The van der Waals surface area contributed by atoms with Gasteiger partial charge in [0.15, 0.2) is 0 Å². The van der Waals surface area contributed by atoms with Gasteiger partial charge < -0.3 is 9.80 Å². The van der Waals surface area contributed by atoms with Gasteiger partial charge in [-0.15, -0.1) is 0 Å². The van der Waals surface area contributed by atoms with Gasteiger partial charge in [-0.25, -0.2) is 0 Å². The maximum Gasteiger partial charge on any atom is 0.254 e. The molecule has 2 atom stereocenters. The van der Waals surface area contributed by atoms with Crippen molar-refractivity contribution in [1.82, 2.24) is 9.80 Å². The summed E-state index contributed by atoms with van der Waals surface area (Å²) in [5.74, 6) is 0.148. The van der Waals surface area contributed by atoms with Gasteiger partial charge in [0, 0.05) is 24.2 Å². The number of benzene rings is 2. The van der Waals surface area contributed by atoms with E-state index in [1.807, 2.05) is 70.5 Å². The molecule has 2 aromatic carbocycles. The number of piperazine rings is 1. The fourth-order valence-electron chi connectivity index (χ4n) is 3.66. The van der Waals surface area contributed by atoms with E-state index in [1.54, 1.807) is 0 Å². The van der Waals surface area contributed by atoms with Crippen LogP contribution >= 0.6 is 0 Å². The Labute approximate surface area is 135 Å². The fraction of sp³-hybridized carbons (Fsp3) is 0.263. The molecule has 0 N–H and O–H groups in total. The highest BCUT2D eigenvalue weighted by molar-refractivity contribution is 5.96. The molecule has 4 heteroatoms. The minimum atomic E-state index is 0.0740. The van der Waals surface area contributed by atoms with Crippen molar-refractivity contribution in [3.05, 3.63) is 71.8 Å². The van der Waals surface area contributed by atoms with E-state index in [2.05, 4.69) is 0 Å². The zero-order chi connectivity index (χ0) is 15.8. The van der Waals surface area contributed by atoms with Crippen molar-refractivity contribution in [2.75, 3.05) is 13.1 Å². The normalized spacial score (nSPS) is 22.4. The highest BCUT2D eigenvalue weighted by Crippen LogP contribution is 2.32. The first-order valence-electron chi connectivity index (χ1n) is 7.96. The second kappa shape index (κ2) is 5.54. The van der Waals surface area contributed by atoms with Crippen LogP contribution in [-0.2, 0) is 0 Å². The number of fused-ring (bicyclic) bond motifs is 2.